The molecule has 0 radical (unpaired) electrons. The molecule has 3 atom stereocenters. The van der Waals surface area contributed by atoms with Crippen LogP contribution in [0.25, 0.3) is 0 Å². The normalized spacial score (nSPS) is 24.4. The van der Waals surface area contributed by atoms with E-state index in [4.69, 9.17) is 4.74 Å². The van der Waals surface area contributed by atoms with Crippen LogP contribution in [-0.2, 0) is 0 Å². The number of methoxy groups -OCH3 is 1. The third kappa shape index (κ3) is 3.27. The molecule has 1 aromatic rings. The summed E-state index contributed by atoms with van der Waals surface area (Å²) in [6.45, 7) is 4.36. The van der Waals surface area contributed by atoms with Crippen molar-refractivity contribution in [2.75, 3.05) is 7.11 Å². The van der Waals surface area contributed by atoms with Gasteiger partial charge in [-0.3, -0.25) is 0 Å². The molecule has 3 heteroatoms. The lowest BCUT2D eigenvalue weighted by Gasteiger charge is -2.24. The van der Waals surface area contributed by atoms with Crippen molar-refractivity contribution in [3.63, 3.8) is 0 Å². The van der Waals surface area contributed by atoms with Crippen molar-refractivity contribution in [3.05, 3.63) is 29.6 Å². The summed E-state index contributed by atoms with van der Waals surface area (Å²) in [6.07, 6.45) is 5.08. The molecule has 2 nitrogen and oxygen atoms in total. The van der Waals surface area contributed by atoms with E-state index in [0.29, 0.717) is 11.8 Å². The fourth-order valence-electron chi connectivity index (χ4n) is 3.11. The first kappa shape index (κ1) is 14.3. The molecule has 106 valence electrons. The molecule has 0 aromatic heterocycles. The second-order valence-electron chi connectivity index (χ2n) is 5.49. The highest BCUT2D eigenvalue weighted by molar-refractivity contribution is 5.30. The van der Waals surface area contributed by atoms with Crippen molar-refractivity contribution in [1.29, 1.82) is 0 Å². The maximum atomic E-state index is 13.7. The van der Waals surface area contributed by atoms with Crippen LogP contribution in [-0.4, -0.2) is 13.2 Å². The minimum atomic E-state index is -0.285. The van der Waals surface area contributed by atoms with Gasteiger partial charge >= 0.3 is 0 Å². The van der Waals surface area contributed by atoms with E-state index >= 15 is 0 Å². The summed E-state index contributed by atoms with van der Waals surface area (Å²) in [5.74, 6) is 0.793. The van der Waals surface area contributed by atoms with Gasteiger partial charge < -0.3 is 10.1 Å². The molecule has 0 saturated heterocycles. The second-order valence-corrected chi connectivity index (χ2v) is 5.49. The number of ether oxygens (including phenoxy) is 1. The summed E-state index contributed by atoms with van der Waals surface area (Å²) >= 11 is 0. The van der Waals surface area contributed by atoms with Crippen molar-refractivity contribution in [2.24, 2.45) is 5.92 Å². The molecule has 2 rings (SSSR count). The molecule has 19 heavy (non-hydrogen) atoms. The van der Waals surface area contributed by atoms with Crippen molar-refractivity contribution in [3.8, 4) is 5.75 Å². The summed E-state index contributed by atoms with van der Waals surface area (Å²) in [4.78, 5) is 0. The van der Waals surface area contributed by atoms with Gasteiger partial charge in [0.25, 0.3) is 0 Å². The smallest absolute Gasteiger partial charge is 0.165 e. The minimum absolute atomic E-state index is 0.178. The van der Waals surface area contributed by atoms with Gasteiger partial charge in [-0.2, -0.15) is 0 Å². The Morgan fingerprint density at radius 2 is 2.21 bits per heavy atom. The van der Waals surface area contributed by atoms with E-state index in [1.807, 2.05) is 6.07 Å². The quantitative estimate of drug-likeness (QED) is 0.866. The number of benzene rings is 1. The van der Waals surface area contributed by atoms with Crippen LogP contribution in [0.4, 0.5) is 4.39 Å². The molecule has 1 aromatic carbocycles. The molecule has 1 aliphatic rings. The minimum Gasteiger partial charge on any atom is -0.494 e. The fourth-order valence-corrected chi connectivity index (χ4v) is 3.11. The SMILES string of the molecule is CCC1CCCC1NC(C)c1ccc(OC)c(F)c1. The first-order chi connectivity index (χ1) is 9.15. The first-order valence-electron chi connectivity index (χ1n) is 7.25. The van der Waals surface area contributed by atoms with Crippen LogP contribution in [0.5, 0.6) is 5.75 Å². The molecule has 1 saturated carbocycles. The predicted octanol–water partition coefficient (Wildman–Crippen LogP) is 4.06. The van der Waals surface area contributed by atoms with Crippen LogP contribution in [0.3, 0.4) is 0 Å². The highest BCUT2D eigenvalue weighted by Crippen LogP contribution is 2.30. The number of rotatable bonds is 5. The molecule has 1 aliphatic carbocycles. The van der Waals surface area contributed by atoms with Crippen molar-refractivity contribution in [2.45, 2.75) is 51.6 Å². The van der Waals surface area contributed by atoms with E-state index in [0.717, 1.165) is 11.5 Å². The molecular formula is C16H24FNO. The Balaban J connectivity index is 2.03. The van der Waals surface area contributed by atoms with Gasteiger partial charge in [0.1, 0.15) is 0 Å². The van der Waals surface area contributed by atoms with Gasteiger partial charge in [-0.25, -0.2) is 4.39 Å². The summed E-state index contributed by atoms with van der Waals surface area (Å²) in [7, 11) is 1.49. The van der Waals surface area contributed by atoms with Gasteiger partial charge in [0.05, 0.1) is 7.11 Å². The maximum Gasteiger partial charge on any atom is 0.165 e. The van der Waals surface area contributed by atoms with Gasteiger partial charge in [-0.15, -0.1) is 0 Å². The highest BCUT2D eigenvalue weighted by atomic mass is 19.1. The number of nitrogens with one attached hydrogen (secondary N) is 1. The zero-order valence-electron chi connectivity index (χ0n) is 12.1. The number of hydrogen-bond acceptors (Lipinski definition) is 2. The lowest BCUT2D eigenvalue weighted by atomic mass is 9.98. The summed E-state index contributed by atoms with van der Waals surface area (Å²) in [5, 5.41) is 3.65. The Kier molecular flexibility index (Phi) is 4.81. The van der Waals surface area contributed by atoms with Crippen molar-refractivity contribution < 1.29 is 9.13 Å². The van der Waals surface area contributed by atoms with Crippen LogP contribution in [0.15, 0.2) is 18.2 Å². The third-order valence-electron chi connectivity index (χ3n) is 4.32. The summed E-state index contributed by atoms with van der Waals surface area (Å²) < 4.78 is 18.7. The standard InChI is InChI=1S/C16H24FNO/c1-4-12-6-5-7-15(12)18-11(2)13-8-9-16(19-3)14(17)10-13/h8-12,15,18H,4-7H2,1-3H3. The fraction of sp³-hybridized carbons (Fsp3) is 0.625. The molecule has 0 aliphatic heterocycles. The zero-order valence-corrected chi connectivity index (χ0v) is 12.1. The summed E-state index contributed by atoms with van der Waals surface area (Å²) in [5.41, 5.74) is 0.986. The van der Waals surface area contributed by atoms with Crippen LogP contribution < -0.4 is 10.1 Å². The first-order valence-corrected chi connectivity index (χ1v) is 7.25. The van der Waals surface area contributed by atoms with Crippen LogP contribution in [0.1, 0.15) is 51.1 Å². The monoisotopic (exact) mass is 265 g/mol. The van der Waals surface area contributed by atoms with Gasteiger partial charge in [-0.05, 0) is 43.4 Å². The molecule has 0 amide bonds. The second kappa shape index (κ2) is 6.38. The van der Waals surface area contributed by atoms with Crippen molar-refractivity contribution in [1.82, 2.24) is 5.32 Å². The predicted molar refractivity (Wildman–Crippen MR) is 75.9 cm³/mol. The Morgan fingerprint density at radius 1 is 1.42 bits per heavy atom. The van der Waals surface area contributed by atoms with E-state index in [-0.39, 0.29) is 11.9 Å². The van der Waals surface area contributed by atoms with E-state index in [9.17, 15) is 4.39 Å². The molecule has 0 spiro atoms. The number of hydrogen-bond donors (Lipinski definition) is 1. The molecule has 1 N–H and O–H groups in total. The van der Waals surface area contributed by atoms with Crippen LogP contribution in [0.2, 0.25) is 0 Å². The average molecular weight is 265 g/mol. The van der Waals surface area contributed by atoms with Crippen LogP contribution in [0, 0.1) is 11.7 Å². The third-order valence-corrected chi connectivity index (χ3v) is 4.32. The Morgan fingerprint density at radius 3 is 2.84 bits per heavy atom. The van der Waals surface area contributed by atoms with Crippen LogP contribution >= 0.6 is 0 Å². The number of halogens is 1. The Bertz CT molecular complexity index is 421. The van der Waals surface area contributed by atoms with E-state index in [1.54, 1.807) is 12.1 Å². The lowest BCUT2D eigenvalue weighted by molar-refractivity contribution is 0.358. The highest BCUT2D eigenvalue weighted by Gasteiger charge is 2.26. The van der Waals surface area contributed by atoms with E-state index < -0.39 is 0 Å². The van der Waals surface area contributed by atoms with Gasteiger partial charge in [0.2, 0.25) is 0 Å². The molecule has 3 unspecified atom stereocenters. The Labute approximate surface area is 115 Å². The lowest BCUT2D eigenvalue weighted by Crippen LogP contribution is -2.34. The topological polar surface area (TPSA) is 21.3 Å². The average Bonchev–Trinajstić information content (AvgIpc) is 2.85. The molecule has 0 bridgehead atoms. The van der Waals surface area contributed by atoms with Gasteiger partial charge in [-0.1, -0.05) is 25.8 Å². The van der Waals surface area contributed by atoms with Gasteiger partial charge in [0.15, 0.2) is 11.6 Å². The Hall–Kier alpha value is -1.09. The van der Waals surface area contributed by atoms with Crippen molar-refractivity contribution >= 4 is 0 Å². The molecule has 0 heterocycles. The largest absolute Gasteiger partial charge is 0.494 e. The maximum absolute atomic E-state index is 13.7. The summed E-state index contributed by atoms with van der Waals surface area (Å²) in [6, 6.07) is 5.97. The van der Waals surface area contributed by atoms with E-state index in [1.165, 1.54) is 32.8 Å². The molecule has 1 fully saturated rings. The zero-order chi connectivity index (χ0) is 13.8. The van der Waals surface area contributed by atoms with E-state index in [2.05, 4.69) is 19.2 Å². The molecular weight excluding hydrogens is 241 g/mol. The van der Waals surface area contributed by atoms with Gasteiger partial charge in [0, 0.05) is 12.1 Å².